The molecule has 1 heterocycles. The Hall–Kier alpha value is -2.83. The molecular formula is C38H42NOP. The van der Waals surface area contributed by atoms with E-state index in [0.29, 0.717) is 17.8 Å². The van der Waals surface area contributed by atoms with Gasteiger partial charge in [0, 0.05) is 39.9 Å². The van der Waals surface area contributed by atoms with Crippen molar-refractivity contribution in [2.45, 2.75) is 82.2 Å². The number of nitrogens with zero attached hydrogens (tertiary/aromatic N) is 1. The molecule has 1 aliphatic heterocycles. The monoisotopic (exact) mass is 559 g/mol. The fourth-order valence-corrected chi connectivity index (χ4v) is 12.2. The molecule has 1 fully saturated rings. The van der Waals surface area contributed by atoms with Gasteiger partial charge in [-0.1, -0.05) is 72.8 Å². The van der Waals surface area contributed by atoms with E-state index in [4.69, 9.17) is 0 Å². The van der Waals surface area contributed by atoms with Crippen LogP contribution >= 0.6 is 7.14 Å². The second-order valence-electron chi connectivity index (χ2n) is 13.2. The first-order valence-corrected chi connectivity index (χ1v) is 18.0. The van der Waals surface area contributed by atoms with Crippen molar-refractivity contribution in [1.82, 2.24) is 0 Å². The smallest absolute Gasteiger partial charge is 0.145 e. The zero-order valence-electron chi connectivity index (χ0n) is 24.1. The van der Waals surface area contributed by atoms with E-state index in [2.05, 4.69) is 96.0 Å². The topological polar surface area (TPSA) is 20.3 Å². The highest BCUT2D eigenvalue weighted by molar-refractivity contribution is 7.76. The van der Waals surface area contributed by atoms with Gasteiger partial charge in [-0.3, -0.25) is 0 Å². The minimum atomic E-state index is -2.76. The Morgan fingerprint density at radius 3 is 2.71 bits per heavy atom. The number of benzene rings is 1. The van der Waals surface area contributed by atoms with Crippen LogP contribution in [0.4, 0.5) is 5.69 Å². The Balaban J connectivity index is 1.20. The van der Waals surface area contributed by atoms with Gasteiger partial charge in [-0.25, -0.2) is 0 Å². The van der Waals surface area contributed by atoms with E-state index < -0.39 is 7.14 Å². The van der Waals surface area contributed by atoms with Crippen molar-refractivity contribution in [3.8, 4) is 0 Å². The summed E-state index contributed by atoms with van der Waals surface area (Å²) in [5.41, 5.74) is 7.18. The van der Waals surface area contributed by atoms with Crippen molar-refractivity contribution in [2.75, 3.05) is 4.90 Å². The minimum absolute atomic E-state index is 0.120. The van der Waals surface area contributed by atoms with Gasteiger partial charge in [-0.05, 0) is 117 Å². The Morgan fingerprint density at radius 2 is 1.83 bits per heavy atom. The molecule has 0 aromatic heterocycles. The Labute approximate surface area is 246 Å². The van der Waals surface area contributed by atoms with E-state index in [1.54, 1.807) is 5.57 Å². The molecule has 210 valence electrons. The number of hydrogen-bond acceptors (Lipinski definition) is 2. The highest BCUT2D eigenvalue weighted by Gasteiger charge is 2.42. The van der Waals surface area contributed by atoms with E-state index in [9.17, 15) is 0 Å². The van der Waals surface area contributed by atoms with E-state index in [1.807, 2.05) is 0 Å². The second-order valence-corrected chi connectivity index (χ2v) is 16.3. The van der Waals surface area contributed by atoms with Crippen LogP contribution in [0.1, 0.15) is 82.1 Å². The maximum Gasteiger partial charge on any atom is 0.145 e. The molecule has 8 rings (SSSR count). The average Bonchev–Trinajstić information content (AvgIpc) is 3.37. The molecule has 0 saturated heterocycles. The first kappa shape index (κ1) is 25.8. The summed E-state index contributed by atoms with van der Waals surface area (Å²) in [7, 11) is -2.76. The van der Waals surface area contributed by atoms with Gasteiger partial charge in [0.1, 0.15) is 7.14 Å². The highest BCUT2D eigenvalue weighted by atomic mass is 31.2. The molecule has 1 saturated carbocycles. The Bertz CT molecular complexity index is 1540. The van der Waals surface area contributed by atoms with Gasteiger partial charge < -0.3 is 9.46 Å². The van der Waals surface area contributed by atoms with Crippen molar-refractivity contribution in [3.05, 3.63) is 119 Å². The zero-order chi connectivity index (χ0) is 27.4. The molecule has 41 heavy (non-hydrogen) atoms. The van der Waals surface area contributed by atoms with Crippen molar-refractivity contribution in [2.24, 2.45) is 17.8 Å². The van der Waals surface area contributed by atoms with Crippen LogP contribution in [0.3, 0.4) is 0 Å². The number of anilines is 1. The summed E-state index contributed by atoms with van der Waals surface area (Å²) in [5.74, 6) is 2.28. The normalized spacial score (nSPS) is 33.0. The maximum atomic E-state index is 15.3. The van der Waals surface area contributed by atoms with Crippen LogP contribution in [0, 0.1) is 17.8 Å². The third-order valence-corrected chi connectivity index (χ3v) is 14.5. The summed E-state index contributed by atoms with van der Waals surface area (Å²) in [5, 5.41) is 2.24. The molecular weight excluding hydrogens is 517 g/mol. The molecule has 0 amide bonds. The Morgan fingerprint density at radius 1 is 0.878 bits per heavy atom. The predicted octanol–water partition coefficient (Wildman–Crippen LogP) is 9.97. The van der Waals surface area contributed by atoms with Gasteiger partial charge in [0.15, 0.2) is 0 Å². The number of allylic oxidation sites excluding steroid dienone is 15. The van der Waals surface area contributed by atoms with E-state index in [0.717, 1.165) is 49.7 Å². The third kappa shape index (κ3) is 4.32. The van der Waals surface area contributed by atoms with Gasteiger partial charge in [0.05, 0.1) is 0 Å². The Kier molecular flexibility index (Phi) is 6.60. The standard InChI is InChI=1S/C38H42NOP/c40-41(32-13-3-1-4-14-32,33-15-5-2-6-16-33)34-21-22-38-36(26-34)35-17-9-10-18-37(35)39(38)31-20-19-29-23-27-11-7-8-12-28(27)24-30(29)25-31/h1,3,5,9-10,13,15,18-22,24-27,29-30,33,35H,2,4,6-8,11-12,14,16-17,23H2. The van der Waals surface area contributed by atoms with Crippen molar-refractivity contribution < 1.29 is 4.57 Å². The summed E-state index contributed by atoms with van der Waals surface area (Å²) < 4.78 is 15.3. The van der Waals surface area contributed by atoms with Gasteiger partial charge in [-0.15, -0.1) is 0 Å². The number of fused-ring (bicyclic) bond motifs is 5. The minimum Gasteiger partial charge on any atom is -0.314 e. The SMILES string of the molecule is O=P(C1=CC=CCC1)(c1ccc2c(c1)C1CC=CC=C1N2C1=CC2C=C3CCCCC3CC2C=C1)C1C=CCCC1. The molecule has 2 nitrogen and oxygen atoms in total. The van der Waals surface area contributed by atoms with E-state index in [-0.39, 0.29) is 5.66 Å². The molecule has 3 heteroatoms. The highest BCUT2D eigenvalue weighted by Crippen LogP contribution is 2.62. The average molecular weight is 560 g/mol. The summed E-state index contributed by atoms with van der Waals surface area (Å²) in [6.45, 7) is 0. The van der Waals surface area contributed by atoms with Gasteiger partial charge in [0.2, 0.25) is 0 Å². The lowest BCUT2D eigenvalue weighted by Crippen LogP contribution is -2.28. The van der Waals surface area contributed by atoms with Crippen molar-refractivity contribution >= 4 is 18.1 Å². The summed E-state index contributed by atoms with van der Waals surface area (Å²) in [6.07, 6.45) is 41.0. The molecule has 1 aromatic carbocycles. The van der Waals surface area contributed by atoms with Gasteiger partial charge >= 0.3 is 0 Å². The molecule has 6 aliphatic carbocycles. The van der Waals surface area contributed by atoms with Crippen LogP contribution in [0.5, 0.6) is 0 Å². The molecule has 6 atom stereocenters. The lowest BCUT2D eigenvalue weighted by Gasteiger charge is -2.38. The van der Waals surface area contributed by atoms with Crippen LogP contribution in [-0.2, 0) is 4.57 Å². The number of rotatable bonds is 4. The molecule has 0 spiro atoms. The summed E-state index contributed by atoms with van der Waals surface area (Å²) >= 11 is 0. The van der Waals surface area contributed by atoms with E-state index >= 15 is 4.57 Å². The van der Waals surface area contributed by atoms with Crippen molar-refractivity contribution in [3.63, 3.8) is 0 Å². The largest absolute Gasteiger partial charge is 0.314 e. The lowest BCUT2D eigenvalue weighted by atomic mass is 9.68. The second kappa shape index (κ2) is 10.5. The predicted molar refractivity (Wildman–Crippen MR) is 173 cm³/mol. The van der Waals surface area contributed by atoms with Crippen LogP contribution < -0.4 is 10.2 Å². The third-order valence-electron chi connectivity index (χ3n) is 10.9. The number of hydrogen-bond donors (Lipinski definition) is 0. The fourth-order valence-electron chi connectivity index (χ4n) is 8.78. The van der Waals surface area contributed by atoms with Crippen LogP contribution in [0.15, 0.2) is 113 Å². The lowest BCUT2D eigenvalue weighted by molar-refractivity contribution is 0.330. The van der Waals surface area contributed by atoms with Gasteiger partial charge in [-0.2, -0.15) is 0 Å². The molecule has 0 N–H and O–H groups in total. The van der Waals surface area contributed by atoms with Crippen LogP contribution in [0.25, 0.3) is 0 Å². The summed E-state index contributed by atoms with van der Waals surface area (Å²) in [6, 6.07) is 6.89. The van der Waals surface area contributed by atoms with Crippen molar-refractivity contribution in [1.29, 1.82) is 0 Å². The maximum absolute atomic E-state index is 15.3. The molecule has 1 aromatic rings. The fraction of sp³-hybridized carbons (Fsp3) is 0.421. The molecule has 7 aliphatic rings. The quantitative estimate of drug-likeness (QED) is 0.270. The molecule has 0 bridgehead atoms. The van der Waals surface area contributed by atoms with E-state index in [1.165, 1.54) is 60.1 Å². The molecule has 6 unspecified atom stereocenters. The zero-order valence-corrected chi connectivity index (χ0v) is 25.0. The van der Waals surface area contributed by atoms with Gasteiger partial charge in [0.25, 0.3) is 0 Å². The first-order valence-electron chi connectivity index (χ1n) is 16.2. The van der Waals surface area contributed by atoms with Crippen LogP contribution in [-0.4, -0.2) is 5.66 Å². The first-order chi connectivity index (χ1) is 20.2. The van der Waals surface area contributed by atoms with Crippen LogP contribution in [0.2, 0.25) is 0 Å². The molecule has 0 radical (unpaired) electrons. The summed E-state index contributed by atoms with van der Waals surface area (Å²) in [4.78, 5) is 2.53.